The lowest BCUT2D eigenvalue weighted by Gasteiger charge is -2.08. The van der Waals surface area contributed by atoms with Gasteiger partial charge in [0, 0.05) is 11.9 Å². The van der Waals surface area contributed by atoms with E-state index < -0.39 is 0 Å². The van der Waals surface area contributed by atoms with Crippen LogP contribution in [0.2, 0.25) is 0 Å². The van der Waals surface area contributed by atoms with Crippen LogP contribution >= 0.6 is 0 Å². The quantitative estimate of drug-likeness (QED) is 0.780. The van der Waals surface area contributed by atoms with Crippen LogP contribution in [0.1, 0.15) is 5.56 Å². The third kappa shape index (κ3) is 2.94. The molecule has 0 saturated heterocycles. The van der Waals surface area contributed by atoms with E-state index in [9.17, 15) is 9.18 Å². The lowest BCUT2D eigenvalue weighted by atomic mass is 10.2. The summed E-state index contributed by atoms with van der Waals surface area (Å²) < 4.78 is 15.0. The van der Waals surface area contributed by atoms with E-state index in [4.69, 9.17) is 0 Å². The average molecular weight is 282 g/mol. The van der Waals surface area contributed by atoms with Gasteiger partial charge in [-0.1, -0.05) is 12.1 Å². The molecule has 1 N–H and O–H groups in total. The Morgan fingerprint density at radius 1 is 1.19 bits per heavy atom. The van der Waals surface area contributed by atoms with Crippen molar-refractivity contribution in [1.29, 1.82) is 0 Å². The number of rotatable bonds is 3. The number of nitrogens with one attached hydrogen (secondary N) is 1. The van der Waals surface area contributed by atoms with Crippen molar-refractivity contribution < 1.29 is 9.18 Å². The van der Waals surface area contributed by atoms with Gasteiger partial charge < -0.3 is 9.88 Å². The molecular weight excluding hydrogens is 267 g/mol. The van der Waals surface area contributed by atoms with Crippen LogP contribution in [-0.4, -0.2) is 10.5 Å². The van der Waals surface area contributed by atoms with Gasteiger partial charge in [0.25, 0.3) is 0 Å². The van der Waals surface area contributed by atoms with Crippen LogP contribution in [0.5, 0.6) is 0 Å². The summed E-state index contributed by atoms with van der Waals surface area (Å²) in [4.78, 5) is 12.1. The third-order valence-corrected chi connectivity index (χ3v) is 3.35. The number of anilines is 1. The van der Waals surface area contributed by atoms with Gasteiger partial charge in [0.1, 0.15) is 12.4 Å². The zero-order valence-electron chi connectivity index (χ0n) is 11.6. The van der Waals surface area contributed by atoms with Gasteiger partial charge in [-0.3, -0.25) is 4.79 Å². The fraction of sp³-hybridized carbons (Fsp3) is 0.118. The summed E-state index contributed by atoms with van der Waals surface area (Å²) in [5, 5.41) is 3.76. The number of benzene rings is 2. The molecule has 0 bridgehead atoms. The molecular formula is C17H15FN2O. The SMILES string of the molecule is Cc1cccc(NC(=O)Cn2ccc3ccc(F)cc32)c1. The van der Waals surface area contributed by atoms with Crippen molar-refractivity contribution in [3.05, 3.63) is 66.1 Å². The number of hydrogen-bond donors (Lipinski definition) is 1. The number of carbonyl (C=O) groups is 1. The summed E-state index contributed by atoms with van der Waals surface area (Å²) in [7, 11) is 0. The lowest BCUT2D eigenvalue weighted by Crippen LogP contribution is -2.18. The standard InChI is InChI=1S/C17H15FN2O/c1-12-3-2-4-15(9-12)19-17(21)11-20-8-7-13-5-6-14(18)10-16(13)20/h2-10H,11H2,1H3,(H,19,21). The van der Waals surface area contributed by atoms with E-state index in [0.29, 0.717) is 0 Å². The summed E-state index contributed by atoms with van der Waals surface area (Å²) in [6.07, 6.45) is 1.79. The minimum Gasteiger partial charge on any atom is -0.338 e. The highest BCUT2D eigenvalue weighted by Crippen LogP contribution is 2.17. The van der Waals surface area contributed by atoms with E-state index in [0.717, 1.165) is 22.2 Å². The van der Waals surface area contributed by atoms with Crippen LogP contribution in [0, 0.1) is 12.7 Å². The molecule has 3 aromatic rings. The van der Waals surface area contributed by atoms with Crippen LogP contribution in [0.25, 0.3) is 10.9 Å². The molecule has 0 aliphatic rings. The Hall–Kier alpha value is -2.62. The molecule has 2 aromatic carbocycles. The maximum absolute atomic E-state index is 13.3. The number of aromatic nitrogens is 1. The van der Waals surface area contributed by atoms with Crippen molar-refractivity contribution in [2.75, 3.05) is 5.32 Å². The lowest BCUT2D eigenvalue weighted by molar-refractivity contribution is -0.116. The van der Waals surface area contributed by atoms with Crippen molar-refractivity contribution in [2.45, 2.75) is 13.5 Å². The second kappa shape index (κ2) is 5.40. The minimum atomic E-state index is -0.304. The first-order valence-corrected chi connectivity index (χ1v) is 6.73. The zero-order valence-corrected chi connectivity index (χ0v) is 11.6. The molecule has 21 heavy (non-hydrogen) atoms. The molecule has 0 aliphatic heterocycles. The Labute approximate surface area is 122 Å². The van der Waals surface area contributed by atoms with Crippen molar-refractivity contribution in [3.8, 4) is 0 Å². The van der Waals surface area contributed by atoms with Crippen molar-refractivity contribution in [1.82, 2.24) is 4.57 Å². The van der Waals surface area contributed by atoms with Gasteiger partial charge in [0.05, 0.1) is 5.52 Å². The number of hydrogen-bond acceptors (Lipinski definition) is 1. The summed E-state index contributed by atoms with van der Waals surface area (Å²) in [5.74, 6) is -0.441. The van der Waals surface area contributed by atoms with E-state index in [1.165, 1.54) is 12.1 Å². The number of nitrogens with zero attached hydrogens (tertiary/aromatic N) is 1. The molecule has 3 rings (SSSR count). The molecule has 0 spiro atoms. The fourth-order valence-electron chi connectivity index (χ4n) is 2.37. The molecule has 0 atom stereocenters. The molecule has 3 nitrogen and oxygen atoms in total. The van der Waals surface area contributed by atoms with Crippen LogP contribution in [0.4, 0.5) is 10.1 Å². The summed E-state index contributed by atoms with van der Waals surface area (Å²) in [6.45, 7) is 2.12. The Kier molecular flexibility index (Phi) is 3.44. The maximum atomic E-state index is 13.3. The van der Waals surface area contributed by atoms with Crippen LogP contribution in [0.15, 0.2) is 54.7 Å². The molecule has 4 heteroatoms. The predicted molar refractivity (Wildman–Crippen MR) is 81.7 cm³/mol. The smallest absolute Gasteiger partial charge is 0.244 e. The van der Waals surface area contributed by atoms with Crippen LogP contribution in [-0.2, 0) is 11.3 Å². The third-order valence-electron chi connectivity index (χ3n) is 3.35. The highest BCUT2D eigenvalue weighted by molar-refractivity contribution is 5.92. The molecule has 0 unspecified atom stereocenters. The topological polar surface area (TPSA) is 34.0 Å². The first kappa shape index (κ1) is 13.4. The Morgan fingerprint density at radius 3 is 2.86 bits per heavy atom. The molecule has 1 amide bonds. The van der Waals surface area contributed by atoms with Crippen molar-refractivity contribution >= 4 is 22.5 Å². The van der Waals surface area contributed by atoms with E-state index in [1.807, 2.05) is 37.3 Å². The zero-order chi connectivity index (χ0) is 14.8. The average Bonchev–Trinajstić information content (AvgIpc) is 2.81. The Balaban J connectivity index is 1.79. The highest BCUT2D eigenvalue weighted by Gasteiger charge is 2.07. The van der Waals surface area contributed by atoms with Gasteiger partial charge in [-0.25, -0.2) is 4.39 Å². The number of halogens is 1. The normalized spacial score (nSPS) is 10.8. The molecule has 0 fully saturated rings. The van der Waals surface area contributed by atoms with E-state index in [-0.39, 0.29) is 18.3 Å². The van der Waals surface area contributed by atoms with E-state index in [1.54, 1.807) is 16.8 Å². The van der Waals surface area contributed by atoms with Gasteiger partial charge in [-0.05, 0) is 54.3 Å². The van der Waals surface area contributed by atoms with Crippen molar-refractivity contribution in [3.63, 3.8) is 0 Å². The largest absolute Gasteiger partial charge is 0.338 e. The van der Waals surface area contributed by atoms with Crippen LogP contribution < -0.4 is 5.32 Å². The summed E-state index contributed by atoms with van der Waals surface area (Å²) in [5.41, 5.74) is 2.57. The fourth-order valence-corrected chi connectivity index (χ4v) is 2.37. The molecule has 0 saturated carbocycles. The first-order valence-electron chi connectivity index (χ1n) is 6.73. The number of amides is 1. The Morgan fingerprint density at radius 2 is 2.05 bits per heavy atom. The summed E-state index contributed by atoms with van der Waals surface area (Å²) >= 11 is 0. The van der Waals surface area contributed by atoms with Gasteiger partial charge in [0.15, 0.2) is 0 Å². The summed E-state index contributed by atoms with van der Waals surface area (Å²) in [6, 6.07) is 14.1. The number of aryl methyl sites for hydroxylation is 1. The Bertz CT molecular complexity index is 807. The van der Waals surface area contributed by atoms with Gasteiger partial charge in [-0.2, -0.15) is 0 Å². The van der Waals surface area contributed by atoms with Gasteiger partial charge in [-0.15, -0.1) is 0 Å². The molecule has 0 aliphatic carbocycles. The minimum absolute atomic E-state index is 0.137. The monoisotopic (exact) mass is 282 g/mol. The second-order valence-electron chi connectivity index (χ2n) is 5.06. The molecule has 106 valence electrons. The van der Waals surface area contributed by atoms with Gasteiger partial charge >= 0.3 is 0 Å². The van der Waals surface area contributed by atoms with Gasteiger partial charge in [0.2, 0.25) is 5.91 Å². The van der Waals surface area contributed by atoms with Crippen molar-refractivity contribution in [2.24, 2.45) is 0 Å². The van der Waals surface area contributed by atoms with Crippen LogP contribution in [0.3, 0.4) is 0 Å². The predicted octanol–water partition coefficient (Wildman–Crippen LogP) is 3.73. The molecule has 1 aromatic heterocycles. The van der Waals surface area contributed by atoms with E-state index in [2.05, 4.69) is 5.32 Å². The number of fused-ring (bicyclic) bond motifs is 1. The second-order valence-corrected chi connectivity index (χ2v) is 5.06. The maximum Gasteiger partial charge on any atom is 0.244 e. The molecule has 1 heterocycles. The van der Waals surface area contributed by atoms with E-state index >= 15 is 0 Å². The first-order chi connectivity index (χ1) is 10.1. The number of carbonyl (C=O) groups excluding carboxylic acids is 1. The molecule has 0 radical (unpaired) electrons. The highest BCUT2D eigenvalue weighted by atomic mass is 19.1.